The summed E-state index contributed by atoms with van der Waals surface area (Å²) in [6.07, 6.45) is 0. The molecule has 1 atom stereocenters. The zero-order valence-corrected chi connectivity index (χ0v) is 18.3. The molecule has 1 unspecified atom stereocenters. The van der Waals surface area contributed by atoms with Crippen molar-refractivity contribution in [2.75, 3.05) is 6.61 Å². The van der Waals surface area contributed by atoms with Gasteiger partial charge in [-0.05, 0) is 55.8 Å². The van der Waals surface area contributed by atoms with Crippen LogP contribution in [0, 0.1) is 6.92 Å². The Labute approximate surface area is 186 Å². The van der Waals surface area contributed by atoms with E-state index in [9.17, 15) is 4.79 Å². The van der Waals surface area contributed by atoms with Crippen LogP contribution in [0.2, 0.25) is 5.02 Å². The SMILES string of the molecule is Cc1cccc(Cn2c(C(C)NC(=O)COc3ccc(Cl)cc3)nc3ccccc32)c1. The zero-order valence-electron chi connectivity index (χ0n) is 17.5. The third kappa shape index (κ3) is 5.06. The van der Waals surface area contributed by atoms with Crippen LogP contribution in [0.15, 0.2) is 72.8 Å². The van der Waals surface area contributed by atoms with Crippen molar-refractivity contribution in [1.82, 2.24) is 14.9 Å². The summed E-state index contributed by atoms with van der Waals surface area (Å²) in [4.78, 5) is 17.3. The molecule has 4 rings (SSSR count). The summed E-state index contributed by atoms with van der Waals surface area (Å²) in [5, 5.41) is 3.63. The summed E-state index contributed by atoms with van der Waals surface area (Å²) in [5.41, 5.74) is 4.35. The van der Waals surface area contributed by atoms with Crippen LogP contribution >= 0.6 is 11.6 Å². The average Bonchev–Trinajstić information content (AvgIpc) is 3.12. The van der Waals surface area contributed by atoms with Gasteiger partial charge in [0.15, 0.2) is 6.61 Å². The number of fused-ring (bicyclic) bond motifs is 1. The Morgan fingerprint density at radius 2 is 1.87 bits per heavy atom. The Morgan fingerprint density at radius 1 is 1.10 bits per heavy atom. The molecule has 1 N–H and O–H groups in total. The Kier molecular flexibility index (Phi) is 6.23. The quantitative estimate of drug-likeness (QED) is 0.430. The minimum absolute atomic E-state index is 0.0793. The minimum atomic E-state index is -0.279. The van der Waals surface area contributed by atoms with Crippen molar-refractivity contribution in [3.63, 3.8) is 0 Å². The maximum atomic E-state index is 12.5. The average molecular weight is 434 g/mol. The highest BCUT2D eigenvalue weighted by Gasteiger charge is 2.19. The molecule has 1 heterocycles. The van der Waals surface area contributed by atoms with Crippen molar-refractivity contribution in [2.45, 2.75) is 26.4 Å². The molecule has 1 aromatic heterocycles. The maximum absolute atomic E-state index is 12.5. The predicted molar refractivity (Wildman–Crippen MR) is 124 cm³/mol. The van der Waals surface area contributed by atoms with Gasteiger partial charge in [-0.3, -0.25) is 4.79 Å². The molecule has 1 amide bonds. The highest BCUT2D eigenvalue weighted by molar-refractivity contribution is 6.30. The van der Waals surface area contributed by atoms with Crippen molar-refractivity contribution in [3.8, 4) is 5.75 Å². The molecule has 0 radical (unpaired) electrons. The standard InChI is InChI=1S/C25H24ClN3O2/c1-17-6-5-7-19(14-17)15-29-23-9-4-3-8-22(23)28-25(29)18(2)27-24(30)16-31-21-12-10-20(26)11-13-21/h3-14,18H,15-16H2,1-2H3,(H,27,30). The molecule has 31 heavy (non-hydrogen) atoms. The number of hydrogen-bond acceptors (Lipinski definition) is 3. The first kappa shape index (κ1) is 20.9. The number of rotatable bonds is 7. The van der Waals surface area contributed by atoms with Gasteiger partial charge in [0, 0.05) is 11.6 Å². The lowest BCUT2D eigenvalue weighted by atomic mass is 10.1. The summed E-state index contributed by atoms with van der Waals surface area (Å²) in [6, 6.07) is 23.1. The Morgan fingerprint density at radius 3 is 2.65 bits per heavy atom. The monoisotopic (exact) mass is 433 g/mol. The molecule has 6 heteroatoms. The van der Waals surface area contributed by atoms with E-state index in [2.05, 4.69) is 47.1 Å². The van der Waals surface area contributed by atoms with Gasteiger partial charge in [0.1, 0.15) is 11.6 Å². The lowest BCUT2D eigenvalue weighted by molar-refractivity contribution is -0.123. The second-order valence-corrected chi connectivity index (χ2v) is 8.00. The molecular weight excluding hydrogens is 410 g/mol. The molecule has 0 spiro atoms. The van der Waals surface area contributed by atoms with E-state index in [1.54, 1.807) is 24.3 Å². The van der Waals surface area contributed by atoms with Gasteiger partial charge in [0.05, 0.1) is 17.1 Å². The predicted octanol–water partition coefficient (Wildman–Crippen LogP) is 5.30. The van der Waals surface area contributed by atoms with E-state index >= 15 is 0 Å². The number of carbonyl (C=O) groups excluding carboxylic acids is 1. The van der Waals surface area contributed by atoms with Gasteiger partial charge in [-0.25, -0.2) is 4.98 Å². The number of nitrogens with one attached hydrogen (secondary N) is 1. The van der Waals surface area contributed by atoms with E-state index in [1.165, 1.54) is 11.1 Å². The van der Waals surface area contributed by atoms with E-state index in [0.717, 1.165) is 16.9 Å². The molecule has 0 aliphatic heterocycles. The van der Waals surface area contributed by atoms with Crippen molar-refractivity contribution in [2.24, 2.45) is 0 Å². The van der Waals surface area contributed by atoms with Crippen molar-refractivity contribution < 1.29 is 9.53 Å². The number of halogens is 1. The molecule has 3 aromatic carbocycles. The van der Waals surface area contributed by atoms with Gasteiger partial charge in [-0.1, -0.05) is 53.6 Å². The van der Waals surface area contributed by atoms with E-state index in [1.807, 2.05) is 25.1 Å². The molecule has 5 nitrogen and oxygen atoms in total. The maximum Gasteiger partial charge on any atom is 0.258 e. The lowest BCUT2D eigenvalue weighted by Gasteiger charge is -2.17. The number of aromatic nitrogens is 2. The third-order valence-corrected chi connectivity index (χ3v) is 5.31. The van der Waals surface area contributed by atoms with Gasteiger partial charge < -0.3 is 14.6 Å². The van der Waals surface area contributed by atoms with Crippen LogP contribution in [0.25, 0.3) is 11.0 Å². The van der Waals surface area contributed by atoms with E-state index < -0.39 is 0 Å². The highest BCUT2D eigenvalue weighted by atomic mass is 35.5. The van der Waals surface area contributed by atoms with Crippen LogP contribution in [-0.2, 0) is 11.3 Å². The van der Waals surface area contributed by atoms with Gasteiger partial charge in [-0.2, -0.15) is 0 Å². The number of imidazole rings is 1. The van der Waals surface area contributed by atoms with Crippen molar-refractivity contribution >= 4 is 28.5 Å². The van der Waals surface area contributed by atoms with Crippen LogP contribution in [-0.4, -0.2) is 22.1 Å². The minimum Gasteiger partial charge on any atom is -0.484 e. The van der Waals surface area contributed by atoms with Gasteiger partial charge in [-0.15, -0.1) is 0 Å². The van der Waals surface area contributed by atoms with Crippen molar-refractivity contribution in [3.05, 3.63) is 94.8 Å². The second kappa shape index (κ2) is 9.23. The van der Waals surface area contributed by atoms with E-state index in [4.69, 9.17) is 21.3 Å². The van der Waals surface area contributed by atoms with Gasteiger partial charge in [0.2, 0.25) is 0 Å². The van der Waals surface area contributed by atoms with Crippen LogP contribution in [0.3, 0.4) is 0 Å². The number of carbonyl (C=O) groups is 1. The number of aryl methyl sites for hydroxylation is 1. The molecule has 4 aromatic rings. The summed E-state index contributed by atoms with van der Waals surface area (Å²) in [6.45, 7) is 4.62. The zero-order chi connectivity index (χ0) is 21.8. The molecule has 0 fully saturated rings. The summed E-state index contributed by atoms with van der Waals surface area (Å²) >= 11 is 5.88. The number of benzene rings is 3. The van der Waals surface area contributed by atoms with Crippen LogP contribution < -0.4 is 10.1 Å². The van der Waals surface area contributed by atoms with Crippen LogP contribution in [0.1, 0.15) is 29.9 Å². The number of ether oxygens (including phenoxy) is 1. The molecule has 0 aliphatic carbocycles. The second-order valence-electron chi connectivity index (χ2n) is 7.57. The molecule has 0 bridgehead atoms. The number of hydrogen-bond donors (Lipinski definition) is 1. The largest absolute Gasteiger partial charge is 0.484 e. The Balaban J connectivity index is 1.52. The third-order valence-electron chi connectivity index (χ3n) is 5.06. The first-order valence-corrected chi connectivity index (χ1v) is 10.6. The fraction of sp³-hybridized carbons (Fsp3) is 0.200. The number of amides is 1. The van der Waals surface area contributed by atoms with Gasteiger partial charge in [0.25, 0.3) is 5.91 Å². The van der Waals surface area contributed by atoms with E-state index in [0.29, 0.717) is 17.3 Å². The molecule has 0 aliphatic rings. The molecule has 158 valence electrons. The fourth-order valence-electron chi connectivity index (χ4n) is 3.61. The first-order chi connectivity index (χ1) is 15.0. The molecular formula is C25H24ClN3O2. The smallest absolute Gasteiger partial charge is 0.258 e. The lowest BCUT2D eigenvalue weighted by Crippen LogP contribution is -2.32. The van der Waals surface area contributed by atoms with E-state index in [-0.39, 0.29) is 18.6 Å². The van der Waals surface area contributed by atoms with Crippen LogP contribution in [0.5, 0.6) is 5.75 Å². The normalized spacial score (nSPS) is 12.0. The number of para-hydroxylation sites is 2. The molecule has 0 saturated heterocycles. The summed E-state index contributed by atoms with van der Waals surface area (Å²) in [7, 11) is 0. The van der Waals surface area contributed by atoms with Crippen molar-refractivity contribution in [1.29, 1.82) is 0 Å². The summed E-state index contributed by atoms with van der Waals surface area (Å²) in [5.74, 6) is 1.19. The fourth-order valence-corrected chi connectivity index (χ4v) is 3.74. The Hall–Kier alpha value is -3.31. The first-order valence-electron chi connectivity index (χ1n) is 10.2. The Bertz CT molecular complexity index is 1200. The molecule has 0 saturated carbocycles. The topological polar surface area (TPSA) is 56.2 Å². The summed E-state index contributed by atoms with van der Waals surface area (Å²) < 4.78 is 7.72. The van der Waals surface area contributed by atoms with Gasteiger partial charge >= 0.3 is 0 Å². The van der Waals surface area contributed by atoms with Crippen LogP contribution in [0.4, 0.5) is 0 Å². The highest BCUT2D eigenvalue weighted by Crippen LogP contribution is 2.23. The number of nitrogens with zero attached hydrogens (tertiary/aromatic N) is 2.